The molecular formula is C14H22N4O2. The zero-order valence-electron chi connectivity index (χ0n) is 12.4. The van der Waals surface area contributed by atoms with Gasteiger partial charge in [-0.1, -0.05) is 13.8 Å². The minimum absolute atomic E-state index is 0.250. The van der Waals surface area contributed by atoms with Crippen molar-refractivity contribution in [3.63, 3.8) is 0 Å². The summed E-state index contributed by atoms with van der Waals surface area (Å²) in [5, 5.41) is 8.11. The molecule has 1 saturated heterocycles. The van der Waals surface area contributed by atoms with Gasteiger partial charge in [0.15, 0.2) is 5.82 Å². The van der Waals surface area contributed by atoms with Gasteiger partial charge in [-0.25, -0.2) is 0 Å². The molecule has 0 radical (unpaired) electrons. The average Bonchev–Trinajstić information content (AvgIpc) is 2.47. The Kier molecular flexibility index (Phi) is 4.76. The molecule has 0 unspecified atom stereocenters. The quantitative estimate of drug-likeness (QED) is 0.827. The number of amides is 1. The van der Waals surface area contributed by atoms with Crippen molar-refractivity contribution in [2.24, 2.45) is 5.92 Å². The molecule has 1 aromatic heterocycles. The Morgan fingerprint density at radius 3 is 2.45 bits per heavy atom. The number of rotatable bonds is 4. The molecule has 1 aliphatic heterocycles. The second-order valence-electron chi connectivity index (χ2n) is 5.40. The molecule has 0 aromatic carbocycles. The van der Waals surface area contributed by atoms with E-state index >= 15 is 0 Å². The van der Waals surface area contributed by atoms with Crippen LogP contribution in [0, 0.1) is 5.92 Å². The number of aromatic nitrogens is 2. The number of hydrogen-bond donors (Lipinski definition) is 0. The number of methoxy groups -OCH3 is 1. The lowest BCUT2D eigenvalue weighted by atomic mass is 10.1. The Morgan fingerprint density at radius 1 is 1.25 bits per heavy atom. The van der Waals surface area contributed by atoms with Crippen LogP contribution < -0.4 is 9.64 Å². The number of anilines is 1. The molecule has 0 saturated carbocycles. The summed E-state index contributed by atoms with van der Waals surface area (Å²) in [7, 11) is 1.57. The maximum atomic E-state index is 12.0. The lowest BCUT2D eigenvalue weighted by molar-refractivity contribution is -0.132. The second-order valence-corrected chi connectivity index (χ2v) is 5.40. The monoisotopic (exact) mass is 278 g/mol. The van der Waals surface area contributed by atoms with Crippen molar-refractivity contribution < 1.29 is 9.53 Å². The highest BCUT2D eigenvalue weighted by Crippen LogP contribution is 2.16. The van der Waals surface area contributed by atoms with Gasteiger partial charge in [-0.3, -0.25) is 4.79 Å². The highest BCUT2D eigenvalue weighted by Gasteiger charge is 2.22. The van der Waals surface area contributed by atoms with E-state index in [9.17, 15) is 4.79 Å². The SMILES string of the molecule is COc1ccc(N2CCN(C(=O)CC(C)C)CC2)nn1. The van der Waals surface area contributed by atoms with Crippen molar-refractivity contribution in [3.05, 3.63) is 12.1 Å². The first-order valence-corrected chi connectivity index (χ1v) is 7.00. The third kappa shape index (κ3) is 3.59. The molecule has 0 atom stereocenters. The van der Waals surface area contributed by atoms with E-state index in [0.29, 0.717) is 18.2 Å². The average molecular weight is 278 g/mol. The van der Waals surface area contributed by atoms with Gasteiger partial charge < -0.3 is 14.5 Å². The molecule has 6 nitrogen and oxygen atoms in total. The smallest absolute Gasteiger partial charge is 0.233 e. The fourth-order valence-corrected chi connectivity index (χ4v) is 2.25. The lowest BCUT2D eigenvalue weighted by Crippen LogP contribution is -2.49. The topological polar surface area (TPSA) is 58.6 Å². The number of piperazine rings is 1. The fourth-order valence-electron chi connectivity index (χ4n) is 2.25. The number of nitrogens with zero attached hydrogens (tertiary/aromatic N) is 4. The van der Waals surface area contributed by atoms with Crippen molar-refractivity contribution in [2.75, 3.05) is 38.2 Å². The van der Waals surface area contributed by atoms with Crippen LogP contribution in [-0.4, -0.2) is 54.3 Å². The first-order valence-electron chi connectivity index (χ1n) is 7.00. The van der Waals surface area contributed by atoms with Gasteiger partial charge in [-0.2, -0.15) is 0 Å². The molecule has 2 heterocycles. The molecule has 6 heteroatoms. The van der Waals surface area contributed by atoms with Crippen LogP contribution in [0.4, 0.5) is 5.82 Å². The van der Waals surface area contributed by atoms with E-state index in [0.717, 1.165) is 32.0 Å². The highest BCUT2D eigenvalue weighted by atomic mass is 16.5. The third-order valence-corrected chi connectivity index (χ3v) is 3.37. The molecular weight excluding hydrogens is 256 g/mol. The minimum atomic E-state index is 0.250. The van der Waals surface area contributed by atoms with Crippen LogP contribution >= 0.6 is 0 Å². The minimum Gasteiger partial charge on any atom is -0.480 e. The maximum absolute atomic E-state index is 12.0. The second kappa shape index (κ2) is 6.54. The van der Waals surface area contributed by atoms with Gasteiger partial charge in [-0.15, -0.1) is 10.2 Å². The van der Waals surface area contributed by atoms with Gasteiger partial charge in [0.1, 0.15) is 0 Å². The van der Waals surface area contributed by atoms with E-state index in [2.05, 4.69) is 28.9 Å². The summed E-state index contributed by atoms with van der Waals surface area (Å²) in [5.41, 5.74) is 0. The van der Waals surface area contributed by atoms with Crippen molar-refractivity contribution >= 4 is 11.7 Å². The van der Waals surface area contributed by atoms with E-state index in [1.54, 1.807) is 13.2 Å². The molecule has 1 fully saturated rings. The molecule has 1 aromatic rings. The van der Waals surface area contributed by atoms with Crippen LogP contribution in [0.25, 0.3) is 0 Å². The lowest BCUT2D eigenvalue weighted by Gasteiger charge is -2.35. The number of ether oxygens (including phenoxy) is 1. The molecule has 0 spiro atoms. The predicted octanol–water partition coefficient (Wildman–Crippen LogP) is 1.18. The standard InChI is InChI=1S/C14H22N4O2/c1-11(2)10-14(19)18-8-6-17(7-9-18)12-4-5-13(20-3)16-15-12/h4-5,11H,6-10H2,1-3H3. The van der Waals surface area contributed by atoms with E-state index in [-0.39, 0.29) is 5.91 Å². The Balaban J connectivity index is 1.88. The molecule has 1 aliphatic rings. The van der Waals surface area contributed by atoms with Gasteiger partial charge in [0.05, 0.1) is 7.11 Å². The molecule has 110 valence electrons. The molecule has 0 bridgehead atoms. The largest absolute Gasteiger partial charge is 0.480 e. The van der Waals surface area contributed by atoms with Crippen molar-refractivity contribution in [2.45, 2.75) is 20.3 Å². The zero-order valence-corrected chi connectivity index (χ0v) is 12.4. The number of carbonyl (C=O) groups excluding carboxylic acids is 1. The Bertz CT molecular complexity index is 439. The molecule has 20 heavy (non-hydrogen) atoms. The molecule has 0 N–H and O–H groups in total. The van der Waals surface area contributed by atoms with E-state index in [4.69, 9.17) is 4.74 Å². The van der Waals surface area contributed by atoms with E-state index in [1.165, 1.54) is 0 Å². The highest BCUT2D eigenvalue weighted by molar-refractivity contribution is 5.76. The van der Waals surface area contributed by atoms with E-state index < -0.39 is 0 Å². The van der Waals surface area contributed by atoms with Crippen LogP contribution in [-0.2, 0) is 4.79 Å². The summed E-state index contributed by atoms with van der Waals surface area (Å²) in [6.45, 7) is 7.23. The normalized spacial score (nSPS) is 15.6. The van der Waals surface area contributed by atoms with Crippen molar-refractivity contribution in [1.29, 1.82) is 0 Å². The Hall–Kier alpha value is -1.85. The summed E-state index contributed by atoms with van der Waals surface area (Å²) in [6, 6.07) is 3.70. The van der Waals surface area contributed by atoms with Crippen LogP contribution in [0.3, 0.4) is 0 Å². The summed E-state index contributed by atoms with van der Waals surface area (Å²) < 4.78 is 5.00. The Labute approximate surface area is 119 Å². The summed E-state index contributed by atoms with van der Waals surface area (Å²) in [4.78, 5) is 16.1. The van der Waals surface area contributed by atoms with Gasteiger partial charge in [0.25, 0.3) is 0 Å². The number of carbonyl (C=O) groups is 1. The summed E-state index contributed by atoms with van der Waals surface area (Å²) in [5.74, 6) is 2.01. The van der Waals surface area contributed by atoms with Crippen LogP contribution in [0.15, 0.2) is 12.1 Å². The van der Waals surface area contributed by atoms with E-state index in [1.807, 2.05) is 11.0 Å². The first kappa shape index (κ1) is 14.6. The third-order valence-electron chi connectivity index (χ3n) is 3.37. The van der Waals surface area contributed by atoms with Crippen LogP contribution in [0.2, 0.25) is 0 Å². The summed E-state index contributed by atoms with van der Waals surface area (Å²) >= 11 is 0. The van der Waals surface area contributed by atoms with Crippen molar-refractivity contribution in [3.8, 4) is 5.88 Å². The van der Waals surface area contributed by atoms with Crippen LogP contribution in [0.1, 0.15) is 20.3 Å². The molecule has 0 aliphatic carbocycles. The molecule has 1 amide bonds. The van der Waals surface area contributed by atoms with Gasteiger partial charge in [0.2, 0.25) is 11.8 Å². The van der Waals surface area contributed by atoms with Gasteiger partial charge in [-0.05, 0) is 12.0 Å². The van der Waals surface area contributed by atoms with Crippen LogP contribution in [0.5, 0.6) is 5.88 Å². The first-order chi connectivity index (χ1) is 9.60. The van der Waals surface area contributed by atoms with Gasteiger partial charge >= 0.3 is 0 Å². The van der Waals surface area contributed by atoms with Gasteiger partial charge in [0, 0.05) is 38.7 Å². The number of hydrogen-bond acceptors (Lipinski definition) is 5. The summed E-state index contributed by atoms with van der Waals surface area (Å²) in [6.07, 6.45) is 0.627. The fraction of sp³-hybridized carbons (Fsp3) is 0.643. The maximum Gasteiger partial charge on any atom is 0.233 e. The zero-order chi connectivity index (χ0) is 14.5. The Morgan fingerprint density at radius 2 is 1.95 bits per heavy atom. The van der Waals surface area contributed by atoms with Crippen molar-refractivity contribution in [1.82, 2.24) is 15.1 Å². The molecule has 2 rings (SSSR count). The predicted molar refractivity (Wildman–Crippen MR) is 76.8 cm³/mol.